The zero-order valence-corrected chi connectivity index (χ0v) is 14.3. The fourth-order valence-corrected chi connectivity index (χ4v) is 2.87. The van der Waals surface area contributed by atoms with Crippen LogP contribution in [0, 0.1) is 11.6 Å². The van der Waals surface area contributed by atoms with Crippen molar-refractivity contribution in [2.24, 2.45) is 7.05 Å². The Bertz CT molecular complexity index is 1170. The summed E-state index contributed by atoms with van der Waals surface area (Å²) < 4.78 is 29.1. The van der Waals surface area contributed by atoms with E-state index in [1.165, 1.54) is 41.2 Å². The van der Waals surface area contributed by atoms with Gasteiger partial charge in [0.2, 0.25) is 0 Å². The van der Waals surface area contributed by atoms with Crippen molar-refractivity contribution in [2.75, 3.05) is 5.32 Å². The van der Waals surface area contributed by atoms with Crippen LogP contribution in [-0.2, 0) is 7.05 Å². The van der Waals surface area contributed by atoms with E-state index < -0.39 is 17.5 Å². The molecule has 0 saturated carbocycles. The monoisotopic (exact) mass is 364 g/mol. The molecule has 27 heavy (non-hydrogen) atoms. The molecule has 2 aromatic carbocycles. The molecule has 0 aliphatic rings. The van der Waals surface area contributed by atoms with Crippen LogP contribution in [-0.4, -0.2) is 20.7 Å². The zero-order chi connectivity index (χ0) is 19.0. The molecule has 0 unspecified atom stereocenters. The van der Waals surface area contributed by atoms with Crippen LogP contribution in [0.15, 0.2) is 60.8 Å². The highest BCUT2D eigenvalue weighted by atomic mass is 19.1. The van der Waals surface area contributed by atoms with Crippen molar-refractivity contribution < 1.29 is 13.6 Å². The first-order valence-corrected chi connectivity index (χ1v) is 8.17. The first-order chi connectivity index (χ1) is 13.0. The average molecular weight is 364 g/mol. The van der Waals surface area contributed by atoms with Gasteiger partial charge in [0, 0.05) is 18.3 Å². The van der Waals surface area contributed by atoms with Gasteiger partial charge in [0.1, 0.15) is 11.6 Å². The summed E-state index contributed by atoms with van der Waals surface area (Å²) in [6, 6.07) is 13.3. The highest BCUT2D eigenvalue weighted by Crippen LogP contribution is 2.27. The van der Waals surface area contributed by atoms with Gasteiger partial charge in [-0.1, -0.05) is 18.2 Å². The maximum atomic E-state index is 14.2. The van der Waals surface area contributed by atoms with Gasteiger partial charge in [-0.15, -0.1) is 0 Å². The highest BCUT2D eigenvalue weighted by molar-refractivity contribution is 6.12. The lowest BCUT2D eigenvalue weighted by Gasteiger charge is -2.09. The summed E-state index contributed by atoms with van der Waals surface area (Å²) in [5.74, 6) is -1.36. The Labute approximate surface area is 153 Å². The van der Waals surface area contributed by atoms with Crippen LogP contribution in [0.3, 0.4) is 0 Å². The minimum atomic E-state index is -0.460. The van der Waals surface area contributed by atoms with Gasteiger partial charge in [-0.2, -0.15) is 5.10 Å². The van der Waals surface area contributed by atoms with Crippen molar-refractivity contribution in [3.63, 3.8) is 0 Å². The molecule has 0 bridgehead atoms. The predicted molar refractivity (Wildman–Crippen MR) is 98.3 cm³/mol. The SMILES string of the molecule is Cn1ncc2c(C(=O)Nc3cccc(F)c3)cc(-c3ccccc3F)nc21. The smallest absolute Gasteiger partial charge is 0.256 e. The van der Waals surface area contributed by atoms with E-state index in [2.05, 4.69) is 15.4 Å². The van der Waals surface area contributed by atoms with E-state index in [1.54, 1.807) is 31.3 Å². The van der Waals surface area contributed by atoms with Crippen LogP contribution in [0.1, 0.15) is 10.4 Å². The van der Waals surface area contributed by atoms with E-state index in [-0.39, 0.29) is 11.1 Å². The number of nitrogens with one attached hydrogen (secondary N) is 1. The molecule has 0 fully saturated rings. The minimum absolute atomic E-state index is 0.274. The number of nitrogens with zero attached hydrogens (tertiary/aromatic N) is 3. The molecule has 1 amide bonds. The third-order valence-corrected chi connectivity index (χ3v) is 4.18. The predicted octanol–water partition coefficient (Wildman–Crippen LogP) is 4.17. The largest absolute Gasteiger partial charge is 0.322 e. The molecular formula is C20H14F2N4O. The summed E-state index contributed by atoms with van der Waals surface area (Å²) in [7, 11) is 1.69. The molecule has 0 radical (unpaired) electrons. The number of halogens is 2. The number of hydrogen-bond donors (Lipinski definition) is 1. The van der Waals surface area contributed by atoms with E-state index in [1.807, 2.05) is 0 Å². The van der Waals surface area contributed by atoms with Crippen molar-refractivity contribution in [3.05, 3.63) is 78.0 Å². The third-order valence-electron chi connectivity index (χ3n) is 4.18. The fraction of sp³-hybridized carbons (Fsp3) is 0.0500. The number of fused-ring (bicyclic) bond motifs is 1. The first kappa shape index (κ1) is 16.8. The molecular weight excluding hydrogens is 350 g/mol. The summed E-state index contributed by atoms with van der Waals surface area (Å²) in [5, 5.41) is 7.31. The molecule has 0 spiro atoms. The molecule has 0 aliphatic heterocycles. The van der Waals surface area contributed by atoms with Crippen LogP contribution < -0.4 is 5.32 Å². The number of hydrogen-bond acceptors (Lipinski definition) is 3. The summed E-state index contributed by atoms with van der Waals surface area (Å²) in [6.07, 6.45) is 1.52. The van der Waals surface area contributed by atoms with Gasteiger partial charge in [-0.25, -0.2) is 13.8 Å². The van der Waals surface area contributed by atoms with Crippen LogP contribution in [0.5, 0.6) is 0 Å². The molecule has 7 heteroatoms. The normalized spacial score (nSPS) is 10.9. The maximum Gasteiger partial charge on any atom is 0.256 e. The minimum Gasteiger partial charge on any atom is -0.322 e. The molecule has 0 saturated heterocycles. The first-order valence-electron chi connectivity index (χ1n) is 8.17. The van der Waals surface area contributed by atoms with Crippen LogP contribution in [0.2, 0.25) is 0 Å². The Morgan fingerprint density at radius 1 is 1.07 bits per heavy atom. The lowest BCUT2D eigenvalue weighted by atomic mass is 10.1. The van der Waals surface area contributed by atoms with E-state index >= 15 is 0 Å². The number of aryl methyl sites for hydroxylation is 1. The van der Waals surface area contributed by atoms with Gasteiger partial charge in [0.25, 0.3) is 5.91 Å². The Balaban J connectivity index is 1.84. The standard InChI is InChI=1S/C20H14F2N4O/c1-26-19-16(11-23-26)15(20(27)24-13-6-4-5-12(21)9-13)10-18(25-19)14-7-2-3-8-17(14)22/h2-11H,1H3,(H,24,27). The topological polar surface area (TPSA) is 59.8 Å². The van der Waals surface area contributed by atoms with E-state index in [4.69, 9.17) is 0 Å². The second-order valence-corrected chi connectivity index (χ2v) is 6.00. The number of pyridine rings is 1. The van der Waals surface area contributed by atoms with Gasteiger partial charge < -0.3 is 5.32 Å². The van der Waals surface area contributed by atoms with E-state index in [0.29, 0.717) is 22.4 Å². The van der Waals surface area contributed by atoms with Gasteiger partial charge >= 0.3 is 0 Å². The number of amides is 1. The molecule has 5 nitrogen and oxygen atoms in total. The quantitative estimate of drug-likeness (QED) is 0.594. The zero-order valence-electron chi connectivity index (χ0n) is 14.3. The number of anilines is 1. The Morgan fingerprint density at radius 2 is 1.89 bits per heavy atom. The molecule has 2 heterocycles. The average Bonchev–Trinajstić information content (AvgIpc) is 3.02. The van der Waals surface area contributed by atoms with Crippen LogP contribution >= 0.6 is 0 Å². The Hall–Kier alpha value is -3.61. The molecule has 1 N–H and O–H groups in total. The summed E-state index contributed by atoms with van der Waals surface area (Å²) in [5.41, 5.74) is 1.63. The molecule has 4 aromatic rings. The number of carbonyl (C=O) groups is 1. The number of benzene rings is 2. The van der Waals surface area contributed by atoms with E-state index in [0.717, 1.165) is 0 Å². The van der Waals surface area contributed by atoms with E-state index in [9.17, 15) is 13.6 Å². The number of carbonyl (C=O) groups excluding carboxylic acids is 1. The summed E-state index contributed by atoms with van der Waals surface area (Å²) in [4.78, 5) is 17.3. The fourth-order valence-electron chi connectivity index (χ4n) is 2.87. The number of aromatic nitrogens is 3. The van der Waals surface area contributed by atoms with Crippen LogP contribution in [0.4, 0.5) is 14.5 Å². The Morgan fingerprint density at radius 3 is 2.67 bits per heavy atom. The van der Waals surface area contributed by atoms with Crippen molar-refractivity contribution in [1.82, 2.24) is 14.8 Å². The molecule has 0 aliphatic carbocycles. The molecule has 0 atom stereocenters. The second-order valence-electron chi connectivity index (χ2n) is 6.00. The summed E-state index contributed by atoms with van der Waals surface area (Å²) >= 11 is 0. The summed E-state index contributed by atoms with van der Waals surface area (Å²) in [6.45, 7) is 0. The van der Waals surface area contributed by atoms with Crippen molar-refractivity contribution in [2.45, 2.75) is 0 Å². The lowest BCUT2D eigenvalue weighted by molar-refractivity contribution is 0.102. The Kier molecular flexibility index (Phi) is 4.12. The molecule has 4 rings (SSSR count). The lowest BCUT2D eigenvalue weighted by Crippen LogP contribution is -2.13. The molecule has 134 valence electrons. The third kappa shape index (κ3) is 3.15. The number of rotatable bonds is 3. The second kappa shape index (κ2) is 6.60. The highest BCUT2D eigenvalue weighted by Gasteiger charge is 2.18. The van der Waals surface area contributed by atoms with Crippen LogP contribution in [0.25, 0.3) is 22.3 Å². The van der Waals surface area contributed by atoms with Gasteiger partial charge in [-0.05, 0) is 36.4 Å². The van der Waals surface area contributed by atoms with Gasteiger partial charge in [0.05, 0.1) is 22.8 Å². The van der Waals surface area contributed by atoms with Crippen molar-refractivity contribution in [3.8, 4) is 11.3 Å². The van der Waals surface area contributed by atoms with Gasteiger partial charge in [0.15, 0.2) is 5.65 Å². The van der Waals surface area contributed by atoms with Crippen molar-refractivity contribution in [1.29, 1.82) is 0 Å². The molecule has 2 aromatic heterocycles. The maximum absolute atomic E-state index is 14.2. The van der Waals surface area contributed by atoms with Gasteiger partial charge in [-0.3, -0.25) is 9.48 Å². The van der Waals surface area contributed by atoms with Crippen molar-refractivity contribution >= 4 is 22.6 Å².